The highest BCUT2D eigenvalue weighted by molar-refractivity contribution is 5.98. The highest BCUT2D eigenvalue weighted by Crippen LogP contribution is 2.39. The van der Waals surface area contributed by atoms with Gasteiger partial charge in [-0.25, -0.2) is 4.98 Å². The van der Waals surface area contributed by atoms with Gasteiger partial charge in [0.2, 0.25) is 5.91 Å². The lowest BCUT2D eigenvalue weighted by Gasteiger charge is -2.14. The van der Waals surface area contributed by atoms with Crippen LogP contribution < -0.4 is 10.2 Å². The van der Waals surface area contributed by atoms with Crippen LogP contribution in [0.25, 0.3) is 0 Å². The number of hydrogen-bond donors (Lipinski definition) is 1. The predicted octanol–water partition coefficient (Wildman–Crippen LogP) is 2.25. The minimum Gasteiger partial charge on any atom is -0.349 e. The molecule has 2 amide bonds. The summed E-state index contributed by atoms with van der Waals surface area (Å²) in [6.45, 7) is 6.15. The zero-order valence-corrected chi connectivity index (χ0v) is 15.3. The standard InChI is InChI=1S/C19H23N5O2/c1-11(2)24-10-20-18(22-24)16-9-23(12(3)25)17-7-4-13(8-15(16)17)19(26)21-14-5-6-14/h4,7-8,10-11,14,16H,5-6,9H2,1-3H3,(H,21,26)/t16-/m0/s1. The summed E-state index contributed by atoms with van der Waals surface area (Å²) in [5, 5.41) is 7.60. The van der Waals surface area contributed by atoms with Crippen LogP contribution in [0.4, 0.5) is 5.69 Å². The average Bonchev–Trinajstić information content (AvgIpc) is 3.14. The van der Waals surface area contributed by atoms with Crippen molar-refractivity contribution in [1.29, 1.82) is 0 Å². The molecule has 0 saturated heterocycles. The maximum absolute atomic E-state index is 12.4. The number of rotatable bonds is 4. The summed E-state index contributed by atoms with van der Waals surface area (Å²) in [4.78, 5) is 30.7. The molecule has 1 N–H and O–H groups in total. The number of nitrogens with zero attached hydrogens (tertiary/aromatic N) is 4. The van der Waals surface area contributed by atoms with Gasteiger partial charge < -0.3 is 10.2 Å². The summed E-state index contributed by atoms with van der Waals surface area (Å²) in [6, 6.07) is 6.06. The van der Waals surface area contributed by atoms with Gasteiger partial charge in [0.05, 0.1) is 5.92 Å². The SMILES string of the molecule is CC(=O)N1C[C@H](c2ncn(C(C)C)n2)c2cc(C(=O)NC3CC3)ccc21. The van der Waals surface area contributed by atoms with E-state index in [1.54, 1.807) is 24.2 Å². The molecule has 136 valence electrons. The van der Waals surface area contributed by atoms with E-state index in [4.69, 9.17) is 0 Å². The Morgan fingerprint density at radius 2 is 2.04 bits per heavy atom. The van der Waals surface area contributed by atoms with Crippen LogP contribution in [0, 0.1) is 0 Å². The minimum atomic E-state index is -0.123. The first kappa shape index (κ1) is 16.8. The van der Waals surface area contributed by atoms with Crippen LogP contribution in [-0.4, -0.2) is 39.2 Å². The number of benzene rings is 1. The van der Waals surface area contributed by atoms with Crippen molar-refractivity contribution in [3.05, 3.63) is 41.5 Å². The molecule has 7 nitrogen and oxygen atoms in total. The van der Waals surface area contributed by atoms with E-state index in [-0.39, 0.29) is 23.8 Å². The third-order valence-corrected chi connectivity index (χ3v) is 4.98. The second kappa shape index (κ2) is 6.23. The zero-order valence-electron chi connectivity index (χ0n) is 15.3. The van der Waals surface area contributed by atoms with Crippen LogP contribution in [0.15, 0.2) is 24.5 Å². The predicted molar refractivity (Wildman–Crippen MR) is 97.2 cm³/mol. The van der Waals surface area contributed by atoms with Crippen molar-refractivity contribution in [1.82, 2.24) is 20.1 Å². The number of aromatic nitrogens is 3. The van der Waals surface area contributed by atoms with Gasteiger partial charge in [0, 0.05) is 36.8 Å². The lowest BCUT2D eigenvalue weighted by atomic mass is 9.98. The van der Waals surface area contributed by atoms with Crippen molar-refractivity contribution < 1.29 is 9.59 Å². The first-order valence-corrected chi connectivity index (χ1v) is 9.08. The van der Waals surface area contributed by atoms with Crippen LogP contribution in [0.5, 0.6) is 0 Å². The number of hydrogen-bond acceptors (Lipinski definition) is 4. The van der Waals surface area contributed by atoms with E-state index in [1.807, 2.05) is 30.7 Å². The van der Waals surface area contributed by atoms with E-state index in [1.165, 1.54) is 0 Å². The Morgan fingerprint density at radius 1 is 1.27 bits per heavy atom. The summed E-state index contributed by atoms with van der Waals surface area (Å²) in [5.41, 5.74) is 2.39. The molecule has 1 saturated carbocycles. The molecule has 7 heteroatoms. The van der Waals surface area contributed by atoms with Crippen molar-refractivity contribution in [2.45, 2.75) is 51.6 Å². The number of nitrogens with one attached hydrogen (secondary N) is 1. The van der Waals surface area contributed by atoms with Gasteiger partial charge in [-0.1, -0.05) is 0 Å². The van der Waals surface area contributed by atoms with Gasteiger partial charge in [-0.15, -0.1) is 0 Å². The molecule has 4 rings (SSSR count). The molecule has 2 heterocycles. The van der Waals surface area contributed by atoms with Gasteiger partial charge in [0.1, 0.15) is 6.33 Å². The van der Waals surface area contributed by atoms with Gasteiger partial charge >= 0.3 is 0 Å². The normalized spacial score (nSPS) is 18.9. The van der Waals surface area contributed by atoms with Crippen molar-refractivity contribution in [2.24, 2.45) is 0 Å². The number of anilines is 1. The van der Waals surface area contributed by atoms with Crippen LogP contribution in [0.1, 0.15) is 67.3 Å². The minimum absolute atomic E-state index is 0.0211. The van der Waals surface area contributed by atoms with E-state index in [0.29, 0.717) is 24.0 Å². The van der Waals surface area contributed by atoms with E-state index in [2.05, 4.69) is 15.4 Å². The Balaban J connectivity index is 1.70. The molecule has 1 aliphatic carbocycles. The van der Waals surface area contributed by atoms with Crippen LogP contribution in [0.2, 0.25) is 0 Å². The summed E-state index contributed by atoms with van der Waals surface area (Å²) in [6.07, 6.45) is 3.82. The molecule has 1 aromatic heterocycles. The van der Waals surface area contributed by atoms with E-state index in [9.17, 15) is 9.59 Å². The van der Waals surface area contributed by atoms with E-state index in [0.717, 1.165) is 24.1 Å². The number of carbonyl (C=O) groups is 2. The second-order valence-corrected chi connectivity index (χ2v) is 7.38. The number of amides is 2. The summed E-state index contributed by atoms with van der Waals surface area (Å²) >= 11 is 0. The van der Waals surface area contributed by atoms with Gasteiger partial charge in [-0.05, 0) is 50.5 Å². The second-order valence-electron chi connectivity index (χ2n) is 7.38. The monoisotopic (exact) mass is 353 g/mol. The first-order chi connectivity index (χ1) is 12.4. The third kappa shape index (κ3) is 2.98. The van der Waals surface area contributed by atoms with Gasteiger partial charge in [-0.3, -0.25) is 14.3 Å². The smallest absolute Gasteiger partial charge is 0.251 e. The molecule has 2 aliphatic rings. The molecule has 0 unspecified atom stereocenters. The topological polar surface area (TPSA) is 80.1 Å². The van der Waals surface area contributed by atoms with Crippen molar-refractivity contribution >= 4 is 17.5 Å². The fourth-order valence-electron chi connectivity index (χ4n) is 3.31. The highest BCUT2D eigenvalue weighted by Gasteiger charge is 2.35. The quantitative estimate of drug-likeness (QED) is 0.914. The van der Waals surface area contributed by atoms with E-state index < -0.39 is 0 Å². The zero-order chi connectivity index (χ0) is 18.4. The fraction of sp³-hybridized carbons (Fsp3) is 0.474. The van der Waals surface area contributed by atoms with Crippen molar-refractivity contribution in [3.8, 4) is 0 Å². The van der Waals surface area contributed by atoms with Crippen molar-refractivity contribution in [2.75, 3.05) is 11.4 Å². The largest absolute Gasteiger partial charge is 0.349 e. The molecule has 2 aromatic rings. The Bertz CT molecular complexity index is 869. The van der Waals surface area contributed by atoms with Crippen LogP contribution >= 0.6 is 0 Å². The molecule has 0 radical (unpaired) electrons. The summed E-state index contributed by atoms with van der Waals surface area (Å²) in [7, 11) is 0. The molecule has 1 aromatic carbocycles. The Kier molecular flexibility index (Phi) is 4.01. The molecular formula is C19H23N5O2. The summed E-state index contributed by atoms with van der Waals surface area (Å²) in [5.74, 6) is 0.481. The molecule has 26 heavy (non-hydrogen) atoms. The lowest BCUT2D eigenvalue weighted by molar-refractivity contribution is -0.116. The lowest BCUT2D eigenvalue weighted by Crippen LogP contribution is -2.27. The molecule has 1 atom stereocenters. The molecular weight excluding hydrogens is 330 g/mol. The maximum Gasteiger partial charge on any atom is 0.251 e. The Hall–Kier alpha value is -2.70. The Morgan fingerprint density at radius 3 is 2.65 bits per heavy atom. The van der Waals surface area contributed by atoms with Gasteiger partial charge in [0.25, 0.3) is 5.91 Å². The third-order valence-electron chi connectivity index (χ3n) is 4.98. The molecule has 0 bridgehead atoms. The van der Waals surface area contributed by atoms with Gasteiger partial charge in [0.15, 0.2) is 5.82 Å². The molecule has 1 aliphatic heterocycles. The maximum atomic E-state index is 12.4. The number of carbonyl (C=O) groups excluding carboxylic acids is 2. The fourth-order valence-corrected chi connectivity index (χ4v) is 3.31. The van der Waals surface area contributed by atoms with Crippen molar-refractivity contribution in [3.63, 3.8) is 0 Å². The van der Waals surface area contributed by atoms with Crippen LogP contribution in [0.3, 0.4) is 0 Å². The highest BCUT2D eigenvalue weighted by atomic mass is 16.2. The van der Waals surface area contributed by atoms with Gasteiger partial charge in [-0.2, -0.15) is 5.10 Å². The average molecular weight is 353 g/mol. The van der Waals surface area contributed by atoms with Crippen LogP contribution in [-0.2, 0) is 4.79 Å². The molecule has 1 fully saturated rings. The number of fused-ring (bicyclic) bond motifs is 1. The Labute approximate surface area is 152 Å². The summed E-state index contributed by atoms with van der Waals surface area (Å²) < 4.78 is 1.81. The molecule has 0 spiro atoms. The first-order valence-electron chi connectivity index (χ1n) is 9.08. The van der Waals surface area contributed by atoms with E-state index >= 15 is 0 Å².